The first-order chi connectivity index (χ1) is 18.7. The van der Waals surface area contributed by atoms with Gasteiger partial charge in [0.2, 0.25) is 5.91 Å². The number of para-hydroxylation sites is 1. The highest BCUT2D eigenvalue weighted by atomic mass is 32.2. The summed E-state index contributed by atoms with van der Waals surface area (Å²) >= 11 is 1.30. The molecule has 3 aromatic rings. The van der Waals surface area contributed by atoms with Gasteiger partial charge in [-0.2, -0.15) is 0 Å². The van der Waals surface area contributed by atoms with Crippen LogP contribution in [0.4, 0.5) is 5.69 Å². The van der Waals surface area contributed by atoms with Crippen molar-refractivity contribution >= 4 is 34.3 Å². The van der Waals surface area contributed by atoms with E-state index < -0.39 is 0 Å². The van der Waals surface area contributed by atoms with Crippen LogP contribution in [0.1, 0.15) is 12.0 Å². The highest BCUT2D eigenvalue weighted by Gasteiger charge is 2.15. The number of hydrogen-bond donors (Lipinski definition) is 1. The molecular weight excluding hydrogens is 502 g/mol. The lowest BCUT2D eigenvalue weighted by Crippen LogP contribution is -2.37. The van der Waals surface area contributed by atoms with Crippen molar-refractivity contribution in [1.82, 2.24) is 19.4 Å². The number of thioether (sulfide) groups is 1. The van der Waals surface area contributed by atoms with Crippen molar-refractivity contribution in [2.24, 2.45) is 0 Å². The molecule has 38 heavy (non-hydrogen) atoms. The molecule has 3 heterocycles. The second-order valence-corrected chi connectivity index (χ2v) is 10.5. The van der Waals surface area contributed by atoms with Crippen molar-refractivity contribution < 1.29 is 14.3 Å². The highest BCUT2D eigenvalue weighted by Crippen LogP contribution is 2.19. The summed E-state index contributed by atoms with van der Waals surface area (Å²) in [5, 5.41) is 4.15. The van der Waals surface area contributed by atoms with Crippen molar-refractivity contribution in [2.75, 3.05) is 70.2 Å². The van der Waals surface area contributed by atoms with Crippen molar-refractivity contribution in [3.63, 3.8) is 0 Å². The molecule has 1 N–H and O–H groups in total. The van der Waals surface area contributed by atoms with Crippen LogP contribution < -0.4 is 10.9 Å². The maximum Gasteiger partial charge on any atom is 0.262 e. The van der Waals surface area contributed by atoms with Crippen LogP contribution >= 0.6 is 11.8 Å². The Hall–Kier alpha value is -2.76. The third-order valence-electron chi connectivity index (χ3n) is 6.87. The predicted octanol–water partition coefficient (Wildman–Crippen LogP) is 2.68. The zero-order valence-electron chi connectivity index (χ0n) is 21.6. The molecule has 0 bridgehead atoms. The summed E-state index contributed by atoms with van der Waals surface area (Å²) in [4.78, 5) is 35.6. The number of rotatable bonds is 10. The number of carbonyl (C=O) groups is 1. The number of ether oxygens (including phenoxy) is 2. The first kappa shape index (κ1) is 26.8. The predicted molar refractivity (Wildman–Crippen MR) is 150 cm³/mol. The summed E-state index contributed by atoms with van der Waals surface area (Å²) in [7, 11) is 0. The number of carbonyl (C=O) groups excluding carboxylic acids is 1. The molecule has 0 atom stereocenters. The lowest BCUT2D eigenvalue weighted by Gasteiger charge is -2.26. The smallest absolute Gasteiger partial charge is 0.262 e. The van der Waals surface area contributed by atoms with E-state index >= 15 is 0 Å². The Kier molecular flexibility index (Phi) is 9.42. The lowest BCUT2D eigenvalue weighted by molar-refractivity contribution is -0.113. The van der Waals surface area contributed by atoms with E-state index in [2.05, 4.69) is 27.2 Å². The Bertz CT molecular complexity index is 1270. The molecule has 0 radical (unpaired) electrons. The fraction of sp³-hybridized carbons (Fsp3) is 0.464. The first-order valence-corrected chi connectivity index (χ1v) is 14.3. The van der Waals surface area contributed by atoms with E-state index in [1.807, 2.05) is 36.4 Å². The molecule has 2 aliphatic heterocycles. The number of benzene rings is 2. The zero-order valence-corrected chi connectivity index (χ0v) is 22.5. The minimum Gasteiger partial charge on any atom is -0.379 e. The highest BCUT2D eigenvalue weighted by molar-refractivity contribution is 7.99. The van der Waals surface area contributed by atoms with Crippen LogP contribution in [-0.4, -0.2) is 90.2 Å². The molecule has 0 spiro atoms. The molecule has 2 aromatic carbocycles. The van der Waals surface area contributed by atoms with Gasteiger partial charge in [-0.25, -0.2) is 4.98 Å². The van der Waals surface area contributed by atoms with Crippen LogP contribution in [-0.2, 0) is 27.4 Å². The van der Waals surface area contributed by atoms with E-state index in [0.717, 1.165) is 77.8 Å². The SMILES string of the molecule is O=C(CSc1nc2ccccc2c(=O)n1CCCN1CCOCC1)Nc1ccc(CN2CCOCC2)cc1. The molecule has 0 aliphatic carbocycles. The monoisotopic (exact) mass is 537 g/mol. The number of nitrogens with one attached hydrogen (secondary N) is 1. The number of anilines is 1. The second kappa shape index (κ2) is 13.3. The minimum absolute atomic E-state index is 0.0589. The van der Waals surface area contributed by atoms with Gasteiger partial charge >= 0.3 is 0 Å². The van der Waals surface area contributed by atoms with Crippen molar-refractivity contribution in [1.29, 1.82) is 0 Å². The van der Waals surface area contributed by atoms with Gasteiger partial charge in [0.25, 0.3) is 5.56 Å². The number of morpholine rings is 2. The standard InChI is InChI=1S/C28H35N5O4S/c34-26(29-23-8-6-22(7-9-23)20-32-14-18-37-19-15-32)21-38-28-30-25-5-2-1-4-24(25)27(35)33(28)11-3-10-31-12-16-36-17-13-31/h1-2,4-9H,3,10-21H2,(H,29,34). The maximum atomic E-state index is 13.3. The van der Waals surface area contributed by atoms with Gasteiger partial charge in [0.15, 0.2) is 5.16 Å². The van der Waals surface area contributed by atoms with Gasteiger partial charge in [-0.05, 0) is 36.2 Å². The number of fused-ring (bicyclic) bond motifs is 1. The van der Waals surface area contributed by atoms with Gasteiger partial charge < -0.3 is 14.8 Å². The average molecular weight is 538 g/mol. The van der Waals surface area contributed by atoms with E-state index in [9.17, 15) is 9.59 Å². The van der Waals surface area contributed by atoms with Crippen LogP contribution in [0.3, 0.4) is 0 Å². The van der Waals surface area contributed by atoms with E-state index in [4.69, 9.17) is 14.5 Å². The largest absolute Gasteiger partial charge is 0.379 e. The normalized spacial score (nSPS) is 17.1. The van der Waals surface area contributed by atoms with Crippen molar-refractivity contribution in [3.05, 3.63) is 64.4 Å². The van der Waals surface area contributed by atoms with Gasteiger partial charge in [0, 0.05) is 51.5 Å². The van der Waals surface area contributed by atoms with E-state index in [1.165, 1.54) is 17.3 Å². The number of nitrogens with zero attached hydrogens (tertiary/aromatic N) is 4. The van der Waals surface area contributed by atoms with Gasteiger partial charge in [-0.15, -0.1) is 0 Å². The molecule has 1 aromatic heterocycles. The van der Waals surface area contributed by atoms with Crippen molar-refractivity contribution in [2.45, 2.75) is 24.7 Å². The molecule has 202 valence electrons. The van der Waals surface area contributed by atoms with Crippen LogP contribution in [0.5, 0.6) is 0 Å². The third kappa shape index (κ3) is 7.21. The topological polar surface area (TPSA) is 88.9 Å². The quantitative estimate of drug-likeness (QED) is 0.312. The zero-order chi connectivity index (χ0) is 26.2. The number of aromatic nitrogens is 2. The molecular formula is C28H35N5O4S. The molecule has 0 unspecified atom stereocenters. The molecule has 9 nitrogen and oxygen atoms in total. The first-order valence-electron chi connectivity index (χ1n) is 13.3. The molecule has 1 amide bonds. The fourth-order valence-corrected chi connectivity index (χ4v) is 5.60. The van der Waals surface area contributed by atoms with Crippen LogP contribution in [0.25, 0.3) is 10.9 Å². The summed E-state index contributed by atoms with van der Waals surface area (Å²) in [5.41, 5.74) is 2.56. The lowest BCUT2D eigenvalue weighted by atomic mass is 10.2. The van der Waals surface area contributed by atoms with Gasteiger partial charge in [-0.3, -0.25) is 24.0 Å². The molecule has 5 rings (SSSR count). The van der Waals surface area contributed by atoms with Gasteiger partial charge in [0.1, 0.15) is 0 Å². The van der Waals surface area contributed by atoms with E-state index in [1.54, 1.807) is 4.57 Å². The summed E-state index contributed by atoms with van der Waals surface area (Å²) in [6.45, 7) is 9.12. The Labute approximate surface area is 227 Å². The Balaban J connectivity index is 1.20. The summed E-state index contributed by atoms with van der Waals surface area (Å²) in [6.07, 6.45) is 0.830. The fourth-order valence-electron chi connectivity index (χ4n) is 4.77. The van der Waals surface area contributed by atoms with Crippen LogP contribution in [0.2, 0.25) is 0 Å². The molecule has 2 aliphatic rings. The van der Waals surface area contributed by atoms with Gasteiger partial charge in [0.05, 0.1) is 43.1 Å². The van der Waals surface area contributed by atoms with E-state index in [-0.39, 0.29) is 17.2 Å². The summed E-state index contributed by atoms with van der Waals surface area (Å²) in [5.74, 6) is 0.0437. The van der Waals surface area contributed by atoms with Crippen LogP contribution in [0, 0.1) is 0 Å². The molecule has 2 fully saturated rings. The minimum atomic E-state index is -0.127. The van der Waals surface area contributed by atoms with Gasteiger partial charge in [-0.1, -0.05) is 36.0 Å². The Morgan fingerprint density at radius 2 is 1.58 bits per heavy atom. The number of amides is 1. The Morgan fingerprint density at radius 3 is 2.32 bits per heavy atom. The molecule has 0 saturated carbocycles. The molecule has 2 saturated heterocycles. The summed E-state index contributed by atoms with van der Waals surface area (Å²) < 4.78 is 12.6. The van der Waals surface area contributed by atoms with Crippen LogP contribution in [0.15, 0.2) is 58.5 Å². The number of hydrogen-bond acceptors (Lipinski definition) is 8. The molecule has 10 heteroatoms. The third-order valence-corrected chi connectivity index (χ3v) is 7.84. The van der Waals surface area contributed by atoms with E-state index in [0.29, 0.717) is 22.6 Å². The maximum absolute atomic E-state index is 13.3. The van der Waals surface area contributed by atoms with Crippen molar-refractivity contribution in [3.8, 4) is 0 Å². The average Bonchev–Trinajstić information content (AvgIpc) is 2.95. The second-order valence-electron chi connectivity index (χ2n) is 9.60. The summed E-state index contributed by atoms with van der Waals surface area (Å²) in [6, 6.07) is 15.4. The Morgan fingerprint density at radius 1 is 0.895 bits per heavy atom.